The summed E-state index contributed by atoms with van der Waals surface area (Å²) in [5.74, 6) is 0.00462. The van der Waals surface area contributed by atoms with E-state index >= 15 is 0 Å². The molecule has 1 aromatic heterocycles. The predicted molar refractivity (Wildman–Crippen MR) is 112 cm³/mol. The molecular formula is C23H27N3O2. The van der Waals surface area contributed by atoms with E-state index in [0.717, 1.165) is 62.3 Å². The lowest BCUT2D eigenvalue weighted by atomic mass is 10.1. The summed E-state index contributed by atoms with van der Waals surface area (Å²) in [5.41, 5.74) is 3.06. The molecule has 2 aromatic carbocycles. The number of amides is 1. The summed E-state index contributed by atoms with van der Waals surface area (Å²) in [7, 11) is 0. The first kappa shape index (κ1) is 18.7. The van der Waals surface area contributed by atoms with Crippen LogP contribution < -0.4 is 5.32 Å². The molecule has 4 rings (SSSR count). The fraction of sp³-hybridized carbons (Fsp3) is 0.348. The van der Waals surface area contributed by atoms with Gasteiger partial charge in [0.05, 0.1) is 18.8 Å². The van der Waals surface area contributed by atoms with Crippen LogP contribution >= 0.6 is 0 Å². The molecule has 28 heavy (non-hydrogen) atoms. The van der Waals surface area contributed by atoms with E-state index in [-0.39, 0.29) is 5.91 Å². The van der Waals surface area contributed by atoms with Crippen molar-refractivity contribution in [2.45, 2.75) is 13.0 Å². The molecule has 0 spiro atoms. The van der Waals surface area contributed by atoms with E-state index < -0.39 is 0 Å². The van der Waals surface area contributed by atoms with Crippen LogP contribution in [-0.2, 0) is 11.3 Å². The Morgan fingerprint density at radius 1 is 1.00 bits per heavy atom. The number of para-hydroxylation sites is 1. The highest BCUT2D eigenvalue weighted by molar-refractivity contribution is 6.07. The zero-order valence-corrected chi connectivity index (χ0v) is 16.1. The number of morpholine rings is 1. The van der Waals surface area contributed by atoms with E-state index in [1.165, 1.54) is 5.56 Å². The molecule has 0 atom stereocenters. The standard InChI is InChI=1S/C23H27N3O2/c27-23(24-11-6-12-25-13-15-28-16-14-25)21-18-26(17-19-7-2-1-3-8-19)22-10-5-4-9-20(21)22/h1-5,7-10,18H,6,11-17H2,(H,24,27). The highest BCUT2D eigenvalue weighted by atomic mass is 16.5. The van der Waals surface area contributed by atoms with E-state index in [0.29, 0.717) is 6.54 Å². The highest BCUT2D eigenvalue weighted by Gasteiger charge is 2.15. The normalized spacial score (nSPS) is 15.0. The van der Waals surface area contributed by atoms with Gasteiger partial charge in [-0.3, -0.25) is 9.69 Å². The Morgan fingerprint density at radius 3 is 2.57 bits per heavy atom. The molecule has 1 N–H and O–H groups in total. The Labute approximate surface area is 165 Å². The van der Waals surface area contributed by atoms with Crippen molar-refractivity contribution < 1.29 is 9.53 Å². The van der Waals surface area contributed by atoms with E-state index in [1.54, 1.807) is 0 Å². The van der Waals surface area contributed by atoms with Gasteiger partial charge in [-0.1, -0.05) is 48.5 Å². The Hall–Kier alpha value is -2.63. The number of fused-ring (bicyclic) bond motifs is 1. The van der Waals surface area contributed by atoms with Gasteiger partial charge < -0.3 is 14.6 Å². The second-order valence-electron chi connectivity index (χ2n) is 7.24. The van der Waals surface area contributed by atoms with Gasteiger partial charge in [-0.15, -0.1) is 0 Å². The summed E-state index contributed by atoms with van der Waals surface area (Å²) in [4.78, 5) is 15.2. The van der Waals surface area contributed by atoms with Crippen molar-refractivity contribution in [2.24, 2.45) is 0 Å². The first-order valence-corrected chi connectivity index (χ1v) is 10.0. The lowest BCUT2D eigenvalue weighted by Gasteiger charge is -2.26. The van der Waals surface area contributed by atoms with Crippen molar-refractivity contribution in [1.82, 2.24) is 14.8 Å². The maximum absolute atomic E-state index is 12.8. The van der Waals surface area contributed by atoms with E-state index in [1.807, 2.05) is 42.6 Å². The molecule has 5 heteroatoms. The van der Waals surface area contributed by atoms with E-state index in [2.05, 4.69) is 33.0 Å². The third-order valence-electron chi connectivity index (χ3n) is 5.27. The molecule has 0 unspecified atom stereocenters. The summed E-state index contributed by atoms with van der Waals surface area (Å²) >= 11 is 0. The number of nitrogens with one attached hydrogen (secondary N) is 1. The largest absolute Gasteiger partial charge is 0.379 e. The molecule has 1 saturated heterocycles. The molecule has 3 aromatic rings. The Balaban J connectivity index is 1.41. The van der Waals surface area contributed by atoms with Gasteiger partial charge in [-0.05, 0) is 24.6 Å². The monoisotopic (exact) mass is 377 g/mol. The van der Waals surface area contributed by atoms with Gasteiger partial charge >= 0.3 is 0 Å². The molecule has 1 amide bonds. The summed E-state index contributed by atoms with van der Waals surface area (Å²) in [6, 6.07) is 18.4. The number of benzene rings is 2. The number of ether oxygens (including phenoxy) is 1. The summed E-state index contributed by atoms with van der Waals surface area (Å²) < 4.78 is 7.53. The van der Waals surface area contributed by atoms with Crippen LogP contribution in [0.15, 0.2) is 60.8 Å². The number of hydrogen-bond donors (Lipinski definition) is 1. The fourth-order valence-electron chi connectivity index (χ4n) is 3.76. The Morgan fingerprint density at radius 2 is 1.75 bits per heavy atom. The Kier molecular flexibility index (Phi) is 6.04. The third kappa shape index (κ3) is 4.43. The van der Waals surface area contributed by atoms with E-state index in [4.69, 9.17) is 4.74 Å². The lowest BCUT2D eigenvalue weighted by Crippen LogP contribution is -2.38. The summed E-state index contributed by atoms with van der Waals surface area (Å²) in [6.45, 7) is 6.04. The number of carbonyl (C=O) groups excluding carboxylic acids is 1. The van der Waals surface area contributed by atoms with Gasteiger partial charge in [-0.25, -0.2) is 0 Å². The zero-order valence-electron chi connectivity index (χ0n) is 16.1. The minimum atomic E-state index is 0.00462. The van der Waals surface area contributed by atoms with Gasteiger partial charge in [0.2, 0.25) is 0 Å². The van der Waals surface area contributed by atoms with Crippen molar-refractivity contribution in [2.75, 3.05) is 39.4 Å². The molecule has 2 heterocycles. The van der Waals surface area contributed by atoms with Crippen LogP contribution in [0.3, 0.4) is 0 Å². The number of aromatic nitrogens is 1. The molecule has 1 aliphatic heterocycles. The molecular weight excluding hydrogens is 350 g/mol. The number of nitrogens with zero attached hydrogens (tertiary/aromatic N) is 2. The van der Waals surface area contributed by atoms with Crippen LogP contribution in [0.2, 0.25) is 0 Å². The van der Waals surface area contributed by atoms with Crippen molar-refractivity contribution in [3.8, 4) is 0 Å². The molecule has 0 aliphatic carbocycles. The van der Waals surface area contributed by atoms with Crippen LogP contribution in [0.4, 0.5) is 0 Å². The average molecular weight is 377 g/mol. The molecule has 0 saturated carbocycles. The van der Waals surface area contributed by atoms with Crippen LogP contribution in [0.25, 0.3) is 10.9 Å². The second kappa shape index (κ2) is 9.04. The second-order valence-corrected chi connectivity index (χ2v) is 7.24. The van der Waals surface area contributed by atoms with Gasteiger partial charge in [-0.2, -0.15) is 0 Å². The van der Waals surface area contributed by atoms with Crippen molar-refractivity contribution in [1.29, 1.82) is 0 Å². The zero-order chi connectivity index (χ0) is 19.2. The van der Waals surface area contributed by atoms with E-state index in [9.17, 15) is 4.79 Å². The molecule has 5 nitrogen and oxygen atoms in total. The predicted octanol–water partition coefficient (Wildman–Crippen LogP) is 3.14. The van der Waals surface area contributed by atoms with Crippen LogP contribution in [0.1, 0.15) is 22.3 Å². The van der Waals surface area contributed by atoms with Crippen LogP contribution in [0, 0.1) is 0 Å². The summed E-state index contributed by atoms with van der Waals surface area (Å²) in [5, 5.41) is 4.10. The SMILES string of the molecule is O=C(NCCCN1CCOCC1)c1cn(Cc2ccccc2)c2ccccc12. The van der Waals surface area contributed by atoms with Gasteiger partial charge in [0, 0.05) is 43.3 Å². The Bertz CT molecular complexity index is 914. The van der Waals surface area contributed by atoms with Gasteiger partial charge in [0.25, 0.3) is 5.91 Å². The lowest BCUT2D eigenvalue weighted by molar-refractivity contribution is 0.0374. The van der Waals surface area contributed by atoms with Gasteiger partial charge in [0.1, 0.15) is 0 Å². The van der Waals surface area contributed by atoms with Crippen LogP contribution in [-0.4, -0.2) is 54.8 Å². The smallest absolute Gasteiger partial charge is 0.253 e. The number of hydrogen-bond acceptors (Lipinski definition) is 3. The van der Waals surface area contributed by atoms with Crippen molar-refractivity contribution in [3.63, 3.8) is 0 Å². The van der Waals surface area contributed by atoms with Gasteiger partial charge in [0.15, 0.2) is 0 Å². The number of carbonyl (C=O) groups is 1. The molecule has 1 fully saturated rings. The van der Waals surface area contributed by atoms with Crippen molar-refractivity contribution in [3.05, 3.63) is 71.9 Å². The highest BCUT2D eigenvalue weighted by Crippen LogP contribution is 2.22. The van der Waals surface area contributed by atoms with Crippen LogP contribution in [0.5, 0.6) is 0 Å². The first-order valence-electron chi connectivity index (χ1n) is 10.0. The minimum absolute atomic E-state index is 0.00462. The summed E-state index contributed by atoms with van der Waals surface area (Å²) in [6.07, 6.45) is 2.93. The maximum atomic E-state index is 12.8. The third-order valence-corrected chi connectivity index (χ3v) is 5.27. The topological polar surface area (TPSA) is 46.5 Å². The van der Waals surface area contributed by atoms with Crippen molar-refractivity contribution >= 4 is 16.8 Å². The average Bonchev–Trinajstić information content (AvgIpc) is 3.11. The molecule has 1 aliphatic rings. The molecule has 0 radical (unpaired) electrons. The molecule has 146 valence electrons. The quantitative estimate of drug-likeness (QED) is 0.644. The first-order chi connectivity index (χ1) is 13.8. The molecule has 0 bridgehead atoms. The fourth-order valence-corrected chi connectivity index (χ4v) is 3.76. The number of rotatable bonds is 7. The maximum Gasteiger partial charge on any atom is 0.253 e. The minimum Gasteiger partial charge on any atom is -0.379 e.